The predicted octanol–water partition coefficient (Wildman–Crippen LogP) is 2.93. The molecule has 0 aliphatic carbocycles. The van der Waals surface area contributed by atoms with Crippen LogP contribution in [0.2, 0.25) is 5.02 Å². The molecule has 1 heterocycles. The van der Waals surface area contributed by atoms with Crippen LogP contribution < -0.4 is 5.56 Å². The minimum Gasteiger partial charge on any atom is -0.477 e. The lowest BCUT2D eigenvalue weighted by atomic mass is 10.1. The second kappa shape index (κ2) is 4.46. The third-order valence-corrected chi connectivity index (χ3v) is 3.18. The maximum atomic E-state index is 12.2. The molecule has 0 aliphatic rings. The number of hydrogen-bond acceptors (Lipinski definition) is 2. The van der Waals surface area contributed by atoms with Crippen LogP contribution in [0.1, 0.15) is 30.2 Å². The van der Waals surface area contributed by atoms with Gasteiger partial charge in [0.2, 0.25) is 0 Å². The van der Waals surface area contributed by atoms with Gasteiger partial charge in [-0.15, -0.1) is 0 Å². The Balaban J connectivity index is 3.07. The number of halogens is 1. The number of carboxylic acids is 1. The quantitative estimate of drug-likeness (QED) is 0.908. The van der Waals surface area contributed by atoms with Gasteiger partial charge in [0.15, 0.2) is 0 Å². The Morgan fingerprint density at radius 2 is 1.94 bits per heavy atom. The second-order valence-corrected chi connectivity index (χ2v) is 4.66. The van der Waals surface area contributed by atoms with Crippen LogP contribution in [-0.2, 0) is 0 Å². The Kier molecular flexibility index (Phi) is 3.13. The van der Waals surface area contributed by atoms with Gasteiger partial charge in [-0.1, -0.05) is 29.8 Å². The van der Waals surface area contributed by atoms with Gasteiger partial charge in [0.25, 0.3) is 5.56 Å². The first-order chi connectivity index (χ1) is 8.45. The van der Waals surface area contributed by atoms with Crippen LogP contribution in [0, 0.1) is 0 Å². The zero-order valence-corrected chi connectivity index (χ0v) is 10.7. The van der Waals surface area contributed by atoms with Crippen molar-refractivity contribution in [3.8, 4) is 0 Å². The van der Waals surface area contributed by atoms with Gasteiger partial charge >= 0.3 is 5.97 Å². The number of carbonyl (C=O) groups is 1. The molecule has 1 aromatic carbocycles. The molecule has 1 aromatic heterocycles. The van der Waals surface area contributed by atoms with Crippen molar-refractivity contribution in [2.45, 2.75) is 19.9 Å². The standard InChI is InChI=1S/C13H12ClNO3/c1-7(2)15-9-6-4-3-5-8(9)11(14)10(12(15)16)13(17)18/h3-7H,1-2H3,(H,17,18). The lowest BCUT2D eigenvalue weighted by Crippen LogP contribution is -2.28. The van der Waals surface area contributed by atoms with Crippen LogP contribution in [0.25, 0.3) is 10.9 Å². The Morgan fingerprint density at radius 3 is 2.50 bits per heavy atom. The number of hydrogen-bond donors (Lipinski definition) is 1. The van der Waals surface area contributed by atoms with E-state index in [1.807, 2.05) is 13.8 Å². The van der Waals surface area contributed by atoms with E-state index in [-0.39, 0.29) is 16.6 Å². The van der Waals surface area contributed by atoms with Crippen LogP contribution in [0.15, 0.2) is 29.1 Å². The van der Waals surface area contributed by atoms with Gasteiger partial charge in [0.1, 0.15) is 5.56 Å². The highest BCUT2D eigenvalue weighted by Gasteiger charge is 2.21. The zero-order chi connectivity index (χ0) is 13.4. The Labute approximate surface area is 108 Å². The Hall–Kier alpha value is -1.81. The summed E-state index contributed by atoms with van der Waals surface area (Å²) < 4.78 is 1.45. The summed E-state index contributed by atoms with van der Waals surface area (Å²) in [4.78, 5) is 23.3. The van der Waals surface area contributed by atoms with Crippen LogP contribution in [0.4, 0.5) is 0 Å². The van der Waals surface area contributed by atoms with E-state index in [0.717, 1.165) is 0 Å². The molecular formula is C13H12ClNO3. The normalized spacial score (nSPS) is 11.1. The van der Waals surface area contributed by atoms with Gasteiger partial charge in [-0.3, -0.25) is 4.79 Å². The Morgan fingerprint density at radius 1 is 1.33 bits per heavy atom. The number of para-hydroxylation sites is 1. The zero-order valence-electron chi connectivity index (χ0n) is 9.98. The fourth-order valence-corrected chi connectivity index (χ4v) is 2.35. The molecule has 0 aliphatic heterocycles. The molecule has 2 rings (SSSR count). The number of benzene rings is 1. The summed E-state index contributed by atoms with van der Waals surface area (Å²) in [6, 6.07) is 6.88. The maximum Gasteiger partial charge on any atom is 0.342 e. The third kappa shape index (κ3) is 1.78. The van der Waals surface area contributed by atoms with Crippen LogP contribution in [-0.4, -0.2) is 15.6 Å². The number of fused-ring (bicyclic) bond motifs is 1. The van der Waals surface area contributed by atoms with Gasteiger partial charge < -0.3 is 9.67 Å². The molecular weight excluding hydrogens is 254 g/mol. The van der Waals surface area contributed by atoms with Crippen molar-refractivity contribution in [3.63, 3.8) is 0 Å². The second-order valence-electron chi connectivity index (χ2n) is 4.28. The molecule has 0 fully saturated rings. The monoisotopic (exact) mass is 265 g/mol. The fourth-order valence-electron chi connectivity index (χ4n) is 2.03. The first-order valence-corrected chi connectivity index (χ1v) is 5.89. The highest BCUT2D eigenvalue weighted by atomic mass is 35.5. The summed E-state index contributed by atoms with van der Waals surface area (Å²) in [5, 5.41) is 9.69. The summed E-state index contributed by atoms with van der Waals surface area (Å²) in [6.45, 7) is 3.65. The molecule has 0 spiro atoms. The molecule has 94 valence electrons. The minimum absolute atomic E-state index is 0.000000000000000444. The molecule has 2 aromatic rings. The van der Waals surface area contributed by atoms with Crippen LogP contribution in [0.3, 0.4) is 0 Å². The smallest absolute Gasteiger partial charge is 0.342 e. The van der Waals surface area contributed by atoms with Crippen molar-refractivity contribution in [3.05, 3.63) is 45.2 Å². The average Bonchev–Trinajstić information content (AvgIpc) is 2.28. The lowest BCUT2D eigenvalue weighted by molar-refractivity contribution is 0.0694. The van der Waals surface area contributed by atoms with Crippen molar-refractivity contribution < 1.29 is 9.90 Å². The SMILES string of the molecule is CC(C)n1c(=O)c(C(=O)O)c(Cl)c2ccccc21. The predicted molar refractivity (Wildman–Crippen MR) is 70.6 cm³/mol. The van der Waals surface area contributed by atoms with E-state index in [1.165, 1.54) is 4.57 Å². The lowest BCUT2D eigenvalue weighted by Gasteiger charge is -2.16. The molecule has 0 bridgehead atoms. The largest absolute Gasteiger partial charge is 0.477 e. The average molecular weight is 266 g/mol. The first kappa shape index (κ1) is 12.6. The van der Waals surface area contributed by atoms with Gasteiger partial charge in [0, 0.05) is 11.4 Å². The summed E-state index contributed by atoms with van der Waals surface area (Å²) in [6.07, 6.45) is 0. The summed E-state index contributed by atoms with van der Waals surface area (Å²) in [5.41, 5.74) is -0.294. The van der Waals surface area contributed by atoms with Gasteiger partial charge in [0.05, 0.1) is 10.5 Å². The van der Waals surface area contributed by atoms with E-state index in [2.05, 4.69) is 0 Å². The molecule has 0 saturated carbocycles. The van der Waals surface area contributed by atoms with Crippen LogP contribution in [0.5, 0.6) is 0 Å². The molecule has 0 unspecified atom stereocenters. The van der Waals surface area contributed by atoms with Crippen molar-refractivity contribution in [2.75, 3.05) is 0 Å². The number of carboxylic acid groups (broad SMARTS) is 1. The molecule has 0 amide bonds. The number of pyridine rings is 1. The van der Waals surface area contributed by atoms with Gasteiger partial charge in [-0.25, -0.2) is 4.79 Å². The molecule has 0 saturated heterocycles. The molecule has 5 heteroatoms. The molecule has 18 heavy (non-hydrogen) atoms. The van der Waals surface area contributed by atoms with Crippen molar-refractivity contribution in [1.82, 2.24) is 4.57 Å². The van der Waals surface area contributed by atoms with Crippen LogP contribution >= 0.6 is 11.6 Å². The molecule has 1 N–H and O–H groups in total. The van der Waals surface area contributed by atoms with Gasteiger partial charge in [-0.2, -0.15) is 0 Å². The fraction of sp³-hybridized carbons (Fsp3) is 0.231. The topological polar surface area (TPSA) is 59.3 Å². The van der Waals surface area contributed by atoms with Crippen molar-refractivity contribution in [2.24, 2.45) is 0 Å². The third-order valence-electron chi connectivity index (χ3n) is 2.78. The van der Waals surface area contributed by atoms with Gasteiger partial charge in [-0.05, 0) is 19.9 Å². The summed E-state index contributed by atoms with van der Waals surface area (Å²) in [5.74, 6) is -1.30. The molecule has 4 nitrogen and oxygen atoms in total. The maximum absolute atomic E-state index is 12.2. The van der Waals surface area contributed by atoms with E-state index in [4.69, 9.17) is 16.7 Å². The van der Waals surface area contributed by atoms with E-state index >= 15 is 0 Å². The van der Waals surface area contributed by atoms with E-state index in [1.54, 1.807) is 24.3 Å². The van der Waals surface area contributed by atoms with Crippen molar-refractivity contribution >= 4 is 28.5 Å². The number of aromatic carboxylic acids is 1. The minimum atomic E-state index is -1.30. The number of rotatable bonds is 2. The van der Waals surface area contributed by atoms with E-state index in [0.29, 0.717) is 10.9 Å². The van der Waals surface area contributed by atoms with E-state index < -0.39 is 11.5 Å². The molecule has 0 radical (unpaired) electrons. The Bertz CT molecular complexity index is 688. The highest BCUT2D eigenvalue weighted by molar-refractivity contribution is 6.38. The molecule has 0 atom stereocenters. The van der Waals surface area contributed by atoms with E-state index in [9.17, 15) is 9.59 Å². The first-order valence-electron chi connectivity index (χ1n) is 5.51. The highest BCUT2D eigenvalue weighted by Crippen LogP contribution is 2.26. The summed E-state index contributed by atoms with van der Waals surface area (Å²) in [7, 11) is 0. The number of nitrogens with zero attached hydrogens (tertiary/aromatic N) is 1. The van der Waals surface area contributed by atoms with Crippen molar-refractivity contribution in [1.29, 1.82) is 0 Å². The summed E-state index contributed by atoms with van der Waals surface area (Å²) >= 11 is 6.02. The number of aromatic nitrogens is 1.